The van der Waals surface area contributed by atoms with Gasteiger partial charge in [-0.25, -0.2) is 0 Å². The van der Waals surface area contributed by atoms with Crippen LogP contribution >= 0.6 is 0 Å². The van der Waals surface area contributed by atoms with Crippen LogP contribution in [-0.2, 0) is 30.9 Å². The molecular formula is C19H26O4. The fraction of sp³-hybridized carbons (Fsp3) is 0.579. The summed E-state index contributed by atoms with van der Waals surface area (Å²) in [6, 6.07) is 8.06. The number of benzene rings is 1. The Morgan fingerprint density at radius 1 is 1.09 bits per heavy atom. The van der Waals surface area contributed by atoms with E-state index < -0.39 is 17.3 Å². The van der Waals surface area contributed by atoms with Crippen molar-refractivity contribution in [1.82, 2.24) is 0 Å². The number of rotatable bonds is 5. The van der Waals surface area contributed by atoms with Crippen LogP contribution < -0.4 is 0 Å². The zero-order valence-electron chi connectivity index (χ0n) is 14.4. The van der Waals surface area contributed by atoms with E-state index in [-0.39, 0.29) is 11.9 Å². The van der Waals surface area contributed by atoms with Gasteiger partial charge in [-0.05, 0) is 37.8 Å². The van der Waals surface area contributed by atoms with E-state index in [0.717, 1.165) is 17.5 Å². The third-order valence-electron chi connectivity index (χ3n) is 5.03. The van der Waals surface area contributed by atoms with E-state index in [4.69, 9.17) is 9.47 Å². The molecule has 0 heterocycles. The van der Waals surface area contributed by atoms with Gasteiger partial charge >= 0.3 is 11.9 Å². The number of ether oxygens (including phenoxy) is 2. The van der Waals surface area contributed by atoms with Crippen molar-refractivity contribution in [2.45, 2.75) is 46.0 Å². The zero-order valence-corrected chi connectivity index (χ0v) is 14.4. The highest BCUT2D eigenvalue weighted by Crippen LogP contribution is 2.47. The Morgan fingerprint density at radius 2 is 1.70 bits per heavy atom. The molecule has 1 aromatic carbocycles. The standard InChI is InChI=1S/C19H26O4/c1-5-19(4)15-11-9-8-10-13(15)12-14(17(20)22-6-2)16(19)18(21)23-7-3/h8-11,14,16H,5-7,12H2,1-4H3/t14-,16-,19-/m0/s1. The van der Waals surface area contributed by atoms with Crippen LogP contribution in [0.15, 0.2) is 24.3 Å². The van der Waals surface area contributed by atoms with Crippen LogP contribution in [0, 0.1) is 11.8 Å². The molecule has 0 bridgehead atoms. The predicted octanol–water partition coefficient (Wildman–Crippen LogP) is 3.27. The summed E-state index contributed by atoms with van der Waals surface area (Å²) in [4.78, 5) is 25.2. The lowest BCUT2D eigenvalue weighted by Crippen LogP contribution is -2.50. The molecule has 0 radical (unpaired) electrons. The summed E-state index contributed by atoms with van der Waals surface area (Å²) in [6.45, 7) is 8.31. The van der Waals surface area contributed by atoms with Gasteiger partial charge in [-0.1, -0.05) is 38.1 Å². The Bertz CT molecular complexity index is 580. The molecule has 0 aliphatic heterocycles. The van der Waals surface area contributed by atoms with Gasteiger partial charge in [0.15, 0.2) is 0 Å². The number of hydrogen-bond donors (Lipinski definition) is 0. The van der Waals surface area contributed by atoms with Gasteiger partial charge < -0.3 is 9.47 Å². The molecule has 0 aromatic heterocycles. The van der Waals surface area contributed by atoms with E-state index in [1.807, 2.05) is 18.2 Å². The van der Waals surface area contributed by atoms with Crippen molar-refractivity contribution in [1.29, 1.82) is 0 Å². The van der Waals surface area contributed by atoms with Gasteiger partial charge in [0.2, 0.25) is 0 Å². The molecule has 3 atom stereocenters. The highest BCUT2D eigenvalue weighted by Gasteiger charge is 2.52. The molecule has 0 N–H and O–H groups in total. The van der Waals surface area contributed by atoms with Crippen LogP contribution in [0.2, 0.25) is 0 Å². The lowest BCUT2D eigenvalue weighted by atomic mass is 9.59. The topological polar surface area (TPSA) is 52.6 Å². The molecular weight excluding hydrogens is 292 g/mol. The zero-order chi connectivity index (χ0) is 17.0. The summed E-state index contributed by atoms with van der Waals surface area (Å²) in [5, 5.41) is 0. The van der Waals surface area contributed by atoms with E-state index in [1.165, 1.54) is 0 Å². The minimum Gasteiger partial charge on any atom is -0.466 e. The molecule has 1 aliphatic rings. The Balaban J connectivity index is 2.54. The van der Waals surface area contributed by atoms with Crippen molar-refractivity contribution in [2.75, 3.05) is 13.2 Å². The summed E-state index contributed by atoms with van der Waals surface area (Å²) in [5.74, 6) is -1.61. The van der Waals surface area contributed by atoms with Crippen molar-refractivity contribution in [3.63, 3.8) is 0 Å². The first-order chi connectivity index (χ1) is 11.0. The molecule has 1 aliphatic carbocycles. The minimum atomic E-state index is -0.513. The maximum absolute atomic E-state index is 12.7. The maximum Gasteiger partial charge on any atom is 0.310 e. The number of esters is 2. The highest BCUT2D eigenvalue weighted by atomic mass is 16.5. The van der Waals surface area contributed by atoms with E-state index in [2.05, 4.69) is 19.9 Å². The van der Waals surface area contributed by atoms with Crippen molar-refractivity contribution in [3.05, 3.63) is 35.4 Å². The van der Waals surface area contributed by atoms with Gasteiger partial charge in [-0.3, -0.25) is 9.59 Å². The summed E-state index contributed by atoms with van der Waals surface area (Å²) in [6.07, 6.45) is 1.28. The fourth-order valence-corrected chi connectivity index (χ4v) is 3.76. The second kappa shape index (κ2) is 7.16. The summed E-state index contributed by atoms with van der Waals surface area (Å²) in [7, 11) is 0. The van der Waals surface area contributed by atoms with Crippen LogP contribution in [0.25, 0.3) is 0 Å². The van der Waals surface area contributed by atoms with E-state index in [1.54, 1.807) is 13.8 Å². The average Bonchev–Trinajstić information content (AvgIpc) is 2.55. The molecule has 0 amide bonds. The largest absolute Gasteiger partial charge is 0.466 e. The Morgan fingerprint density at radius 3 is 2.30 bits per heavy atom. The normalized spacial score (nSPS) is 26.3. The Labute approximate surface area is 138 Å². The van der Waals surface area contributed by atoms with Crippen molar-refractivity contribution in [3.8, 4) is 0 Å². The first kappa shape index (κ1) is 17.5. The van der Waals surface area contributed by atoms with E-state index in [0.29, 0.717) is 19.6 Å². The second-order valence-electron chi connectivity index (χ2n) is 6.22. The van der Waals surface area contributed by atoms with E-state index in [9.17, 15) is 9.59 Å². The van der Waals surface area contributed by atoms with Gasteiger partial charge in [-0.15, -0.1) is 0 Å². The lowest BCUT2D eigenvalue weighted by Gasteiger charge is -2.44. The van der Waals surface area contributed by atoms with Crippen LogP contribution in [-0.4, -0.2) is 25.2 Å². The quantitative estimate of drug-likeness (QED) is 0.782. The molecule has 1 aromatic rings. The number of carbonyl (C=O) groups is 2. The van der Waals surface area contributed by atoms with Crippen molar-refractivity contribution >= 4 is 11.9 Å². The second-order valence-corrected chi connectivity index (χ2v) is 6.22. The molecule has 0 saturated heterocycles. The third-order valence-corrected chi connectivity index (χ3v) is 5.03. The predicted molar refractivity (Wildman–Crippen MR) is 88.0 cm³/mol. The van der Waals surface area contributed by atoms with E-state index >= 15 is 0 Å². The van der Waals surface area contributed by atoms with Crippen LogP contribution in [0.5, 0.6) is 0 Å². The molecule has 0 unspecified atom stereocenters. The molecule has 4 nitrogen and oxygen atoms in total. The minimum absolute atomic E-state index is 0.301. The van der Waals surface area contributed by atoms with Crippen LogP contribution in [0.3, 0.4) is 0 Å². The molecule has 2 rings (SSSR count). The monoisotopic (exact) mass is 318 g/mol. The van der Waals surface area contributed by atoms with Crippen molar-refractivity contribution in [2.24, 2.45) is 11.8 Å². The molecule has 126 valence electrons. The average molecular weight is 318 g/mol. The Kier molecular flexibility index (Phi) is 5.45. The summed E-state index contributed by atoms with van der Waals surface area (Å²) < 4.78 is 10.6. The van der Waals surface area contributed by atoms with Gasteiger partial charge in [-0.2, -0.15) is 0 Å². The van der Waals surface area contributed by atoms with Gasteiger partial charge in [0.1, 0.15) is 0 Å². The lowest BCUT2D eigenvalue weighted by molar-refractivity contribution is -0.164. The molecule has 0 saturated carbocycles. The van der Waals surface area contributed by atoms with Gasteiger partial charge in [0, 0.05) is 5.41 Å². The Hall–Kier alpha value is -1.84. The van der Waals surface area contributed by atoms with Crippen LogP contribution in [0.4, 0.5) is 0 Å². The van der Waals surface area contributed by atoms with Gasteiger partial charge in [0.25, 0.3) is 0 Å². The fourth-order valence-electron chi connectivity index (χ4n) is 3.76. The number of hydrogen-bond acceptors (Lipinski definition) is 4. The smallest absolute Gasteiger partial charge is 0.310 e. The SMILES string of the molecule is CCOC(=O)[C@H]1Cc2ccccc2[C@](C)(CC)[C@@H]1C(=O)OCC. The number of fused-ring (bicyclic) bond motifs is 1. The first-order valence-electron chi connectivity index (χ1n) is 8.41. The summed E-state index contributed by atoms with van der Waals surface area (Å²) in [5.41, 5.74) is 1.83. The van der Waals surface area contributed by atoms with Crippen molar-refractivity contribution < 1.29 is 19.1 Å². The molecule has 0 spiro atoms. The maximum atomic E-state index is 12.7. The van der Waals surface area contributed by atoms with Crippen LogP contribution in [0.1, 0.15) is 45.2 Å². The van der Waals surface area contributed by atoms with Gasteiger partial charge in [0.05, 0.1) is 25.0 Å². The highest BCUT2D eigenvalue weighted by molar-refractivity contribution is 5.85. The summed E-state index contributed by atoms with van der Waals surface area (Å²) >= 11 is 0. The third kappa shape index (κ3) is 3.12. The molecule has 4 heteroatoms. The molecule has 23 heavy (non-hydrogen) atoms. The first-order valence-corrected chi connectivity index (χ1v) is 8.41. The molecule has 0 fully saturated rings. The number of carbonyl (C=O) groups excluding carboxylic acids is 2.